The molecule has 51 heavy (non-hydrogen) atoms. The number of ketones is 1. The lowest BCUT2D eigenvalue weighted by atomic mass is 9.78. The Balaban J connectivity index is 0.986. The molecule has 10 heteroatoms. The highest BCUT2D eigenvalue weighted by Gasteiger charge is 2.68. The maximum Gasteiger partial charge on any atom is 0.172 e. The lowest BCUT2D eigenvalue weighted by molar-refractivity contribution is -0.292. The second-order valence-corrected chi connectivity index (χ2v) is 17.8. The summed E-state index contributed by atoms with van der Waals surface area (Å²) in [6, 6.07) is 0. The zero-order chi connectivity index (χ0) is 35.2. The Hall–Kier alpha value is -1.21. The van der Waals surface area contributed by atoms with Gasteiger partial charge >= 0.3 is 0 Å². The molecule has 10 fully saturated rings. The summed E-state index contributed by atoms with van der Waals surface area (Å²) in [6.45, 7) is 15.4. The highest BCUT2D eigenvalue weighted by atomic mass is 16.8. The van der Waals surface area contributed by atoms with Gasteiger partial charge in [0, 0.05) is 32.1 Å². The van der Waals surface area contributed by atoms with E-state index >= 15 is 0 Å². The fourth-order valence-electron chi connectivity index (χ4n) is 11.3. The van der Waals surface area contributed by atoms with Crippen LogP contribution < -0.4 is 0 Å². The molecule has 12 bridgehead atoms. The average Bonchev–Trinajstić information content (AvgIpc) is 3.77. The van der Waals surface area contributed by atoms with Crippen LogP contribution in [0.4, 0.5) is 0 Å². The average molecular weight is 713 g/mol. The fraction of sp³-hybridized carbons (Fsp3) is 0.878. The third-order valence-electron chi connectivity index (χ3n) is 14.4. The standard InChI is InChI=1S/C41H60O10/c1-6-24(42)17-32-23(5)29-16-25(43)15-27-8-10-31-36(46-27)40-39-38(48-31)37-35(49-39)19-41(50-37,51-40)12-11-28-14-21(3)30(44-28)9-7-26-13-20(2)22(4)33(45-26)18-34(29)47-32/h20,23-24,26-40,42H,3-4,6-19H2,1-2,5H3/t20-,23-,24-,26+,27-,28+,29-,30+,31+,32-,33?,34+,35-,36+,37+,38+,39-,40+,41+/m1/s1. The topological polar surface area (TPSA) is 111 Å². The first-order valence-electron chi connectivity index (χ1n) is 20.4. The quantitative estimate of drug-likeness (QED) is 0.376. The van der Waals surface area contributed by atoms with Crippen LogP contribution in [0.5, 0.6) is 0 Å². The Morgan fingerprint density at radius 2 is 1.49 bits per heavy atom. The number of rotatable bonds is 3. The van der Waals surface area contributed by atoms with Crippen LogP contribution in [0.25, 0.3) is 0 Å². The number of hydrogen-bond donors (Lipinski definition) is 1. The maximum absolute atomic E-state index is 14.0. The highest BCUT2D eigenvalue weighted by Crippen LogP contribution is 2.54. The zero-order valence-electron chi connectivity index (χ0n) is 30.8. The van der Waals surface area contributed by atoms with Crippen molar-refractivity contribution in [3.8, 4) is 0 Å². The van der Waals surface area contributed by atoms with E-state index in [2.05, 4.69) is 27.0 Å². The Kier molecular flexibility index (Phi) is 9.62. The van der Waals surface area contributed by atoms with Gasteiger partial charge in [-0.3, -0.25) is 4.79 Å². The smallest absolute Gasteiger partial charge is 0.172 e. The van der Waals surface area contributed by atoms with Gasteiger partial charge in [0.15, 0.2) is 5.79 Å². The number of hydrogen-bond acceptors (Lipinski definition) is 10. The summed E-state index contributed by atoms with van der Waals surface area (Å²) < 4.78 is 54.1. The Labute approximate surface area is 303 Å². The molecule has 0 aliphatic carbocycles. The third-order valence-corrected chi connectivity index (χ3v) is 14.4. The SMILES string of the molecule is C=C1C2C[C@@H]3O[C@H](C[C@H](O)CC)[C@H](C)[C@H]3CC(=O)C[C@H]3CC[C@@H]4O[C@@H]5[C@H]6O[C@@H]7C[C@](CC[C@H]8CC(=C)[C@H](CC[C@@H](C[C@H]1C)O2)O8)(O[C@H]6[C@H]4O3)O[C@H]57. The summed E-state index contributed by atoms with van der Waals surface area (Å²) in [5.41, 5.74) is 2.28. The lowest BCUT2D eigenvalue weighted by Crippen LogP contribution is -2.61. The van der Waals surface area contributed by atoms with Gasteiger partial charge in [0.05, 0.1) is 61.0 Å². The van der Waals surface area contributed by atoms with Crippen molar-refractivity contribution in [1.82, 2.24) is 0 Å². The van der Waals surface area contributed by atoms with Crippen molar-refractivity contribution >= 4 is 5.78 Å². The van der Waals surface area contributed by atoms with Gasteiger partial charge in [-0.05, 0) is 86.7 Å². The van der Waals surface area contributed by atoms with Gasteiger partial charge in [-0.1, -0.05) is 33.9 Å². The van der Waals surface area contributed by atoms with E-state index in [1.807, 2.05) is 6.92 Å². The molecule has 10 heterocycles. The van der Waals surface area contributed by atoms with Crippen LogP contribution in [0, 0.1) is 17.8 Å². The zero-order valence-corrected chi connectivity index (χ0v) is 30.8. The number of fused-ring (bicyclic) bond motifs is 6. The first kappa shape index (κ1) is 35.5. The first-order valence-corrected chi connectivity index (χ1v) is 20.4. The molecule has 0 radical (unpaired) electrons. The second-order valence-electron chi connectivity index (χ2n) is 17.8. The number of aliphatic hydroxyl groups excluding tert-OH is 1. The van der Waals surface area contributed by atoms with E-state index in [9.17, 15) is 9.90 Å². The first-order chi connectivity index (χ1) is 24.6. The molecule has 0 amide bonds. The minimum atomic E-state index is -0.757. The molecule has 10 saturated heterocycles. The molecule has 10 rings (SSSR count). The van der Waals surface area contributed by atoms with Crippen molar-refractivity contribution < 1.29 is 47.8 Å². The molecule has 1 N–H and O–H groups in total. The van der Waals surface area contributed by atoms with Crippen LogP contribution in [0.1, 0.15) is 111 Å². The fourth-order valence-corrected chi connectivity index (χ4v) is 11.3. The van der Waals surface area contributed by atoms with E-state index in [-0.39, 0.29) is 103 Å². The summed E-state index contributed by atoms with van der Waals surface area (Å²) >= 11 is 0. The molecule has 10 aliphatic rings. The summed E-state index contributed by atoms with van der Waals surface area (Å²) in [5, 5.41) is 10.6. The van der Waals surface area contributed by atoms with Crippen molar-refractivity contribution in [3.63, 3.8) is 0 Å². The van der Waals surface area contributed by atoms with Crippen LogP contribution in [-0.2, 0) is 42.7 Å². The van der Waals surface area contributed by atoms with Crippen molar-refractivity contribution in [1.29, 1.82) is 0 Å². The molecule has 284 valence electrons. The Morgan fingerprint density at radius 3 is 2.33 bits per heavy atom. The van der Waals surface area contributed by atoms with Crippen LogP contribution >= 0.6 is 0 Å². The molecule has 19 atom stereocenters. The van der Waals surface area contributed by atoms with Crippen LogP contribution in [0.2, 0.25) is 0 Å². The molecular formula is C41H60O10. The predicted molar refractivity (Wildman–Crippen MR) is 186 cm³/mol. The van der Waals surface area contributed by atoms with Gasteiger partial charge in [-0.2, -0.15) is 0 Å². The molecule has 10 nitrogen and oxygen atoms in total. The van der Waals surface area contributed by atoms with Gasteiger partial charge in [0.25, 0.3) is 0 Å². The van der Waals surface area contributed by atoms with Crippen LogP contribution in [0.15, 0.2) is 24.3 Å². The van der Waals surface area contributed by atoms with E-state index in [1.165, 1.54) is 0 Å². The molecule has 1 unspecified atom stereocenters. The molecule has 0 saturated carbocycles. The van der Waals surface area contributed by atoms with Crippen LogP contribution in [0.3, 0.4) is 0 Å². The molecule has 0 aromatic carbocycles. The van der Waals surface area contributed by atoms with E-state index in [1.54, 1.807) is 0 Å². The van der Waals surface area contributed by atoms with E-state index in [0.29, 0.717) is 44.4 Å². The summed E-state index contributed by atoms with van der Waals surface area (Å²) in [6.07, 6.45) is 7.89. The van der Waals surface area contributed by atoms with Crippen molar-refractivity contribution in [2.45, 2.75) is 208 Å². The van der Waals surface area contributed by atoms with Crippen molar-refractivity contribution in [3.05, 3.63) is 24.3 Å². The number of carbonyl (C=O) groups excluding carboxylic acids is 1. The monoisotopic (exact) mass is 712 g/mol. The van der Waals surface area contributed by atoms with E-state index in [0.717, 1.165) is 62.5 Å². The Bertz CT molecular complexity index is 1350. The second kappa shape index (κ2) is 13.8. The summed E-state index contributed by atoms with van der Waals surface area (Å²) in [5.74, 6) is -0.0766. The number of Topliss-reactive ketones (excluding diaryl/α,β-unsaturated/α-hetero) is 1. The predicted octanol–water partition coefficient (Wildman–Crippen LogP) is 5.51. The Morgan fingerprint density at radius 1 is 0.745 bits per heavy atom. The summed E-state index contributed by atoms with van der Waals surface area (Å²) in [7, 11) is 0. The maximum atomic E-state index is 14.0. The number of carbonyl (C=O) groups is 1. The highest BCUT2D eigenvalue weighted by molar-refractivity contribution is 5.79. The molecule has 0 aromatic rings. The normalized spacial score (nSPS) is 53.2. The minimum absolute atomic E-state index is 0.0115. The van der Waals surface area contributed by atoms with E-state index < -0.39 is 11.9 Å². The summed E-state index contributed by atoms with van der Waals surface area (Å²) in [4.78, 5) is 14.0. The van der Waals surface area contributed by atoms with Crippen molar-refractivity contribution in [2.24, 2.45) is 17.8 Å². The third kappa shape index (κ3) is 6.54. The number of ether oxygens (including phenoxy) is 8. The van der Waals surface area contributed by atoms with Crippen LogP contribution in [-0.4, -0.2) is 108 Å². The van der Waals surface area contributed by atoms with Crippen molar-refractivity contribution in [2.75, 3.05) is 0 Å². The van der Waals surface area contributed by atoms with Gasteiger partial charge in [-0.25, -0.2) is 0 Å². The van der Waals surface area contributed by atoms with Gasteiger partial charge < -0.3 is 43.0 Å². The van der Waals surface area contributed by atoms with Gasteiger partial charge in [-0.15, -0.1) is 0 Å². The largest absolute Gasteiger partial charge is 0.393 e. The van der Waals surface area contributed by atoms with E-state index in [4.69, 9.17) is 37.9 Å². The molecule has 0 aromatic heterocycles. The van der Waals surface area contributed by atoms with Gasteiger partial charge in [0.1, 0.15) is 36.3 Å². The molecule has 1 spiro atoms. The lowest BCUT2D eigenvalue weighted by Gasteiger charge is -2.47. The molecular weight excluding hydrogens is 652 g/mol. The minimum Gasteiger partial charge on any atom is -0.393 e. The van der Waals surface area contributed by atoms with Gasteiger partial charge in [0.2, 0.25) is 0 Å². The number of aliphatic hydroxyl groups is 1. The molecule has 10 aliphatic heterocycles.